The molecule has 47 heavy (non-hydrogen) atoms. The van der Waals surface area contributed by atoms with Crippen LogP contribution >= 0.6 is 0 Å². The second kappa shape index (κ2) is 13.5. The average molecular weight is 643 g/mol. The molecule has 0 saturated carbocycles. The minimum absolute atomic E-state index is 0.181. The quantitative estimate of drug-likeness (QED) is 0.187. The second-order valence-corrected chi connectivity index (χ2v) is 14.3. The molecule has 3 heterocycles. The molecule has 0 spiro atoms. The van der Waals surface area contributed by atoms with Crippen LogP contribution in [0, 0.1) is 32.0 Å². The van der Waals surface area contributed by atoms with Crippen molar-refractivity contribution in [3.63, 3.8) is 0 Å². The predicted molar refractivity (Wildman–Crippen MR) is 183 cm³/mol. The van der Waals surface area contributed by atoms with Gasteiger partial charge < -0.3 is 19.5 Å². The third kappa shape index (κ3) is 8.01. The first kappa shape index (κ1) is 34.1. The van der Waals surface area contributed by atoms with Crippen molar-refractivity contribution in [2.24, 2.45) is 5.41 Å². The van der Waals surface area contributed by atoms with Gasteiger partial charge >= 0.3 is 5.97 Å². The molecule has 2 aromatic carbocycles. The van der Waals surface area contributed by atoms with E-state index in [0.717, 1.165) is 59.8 Å². The number of aryl methyl sites for hydroxylation is 3. The van der Waals surface area contributed by atoms with Gasteiger partial charge in [-0.3, -0.25) is 4.57 Å². The van der Waals surface area contributed by atoms with Crippen molar-refractivity contribution in [3.8, 4) is 22.7 Å². The monoisotopic (exact) mass is 642 g/mol. The number of carbonyl (C=O) groups is 1. The van der Waals surface area contributed by atoms with Crippen molar-refractivity contribution in [3.05, 3.63) is 88.9 Å². The largest absolute Gasteiger partial charge is 0.493 e. The highest BCUT2D eigenvalue weighted by Crippen LogP contribution is 2.46. The van der Waals surface area contributed by atoms with Crippen LogP contribution < -0.4 is 9.64 Å². The molecule has 0 amide bonds. The number of benzene rings is 2. The predicted octanol–water partition coefficient (Wildman–Crippen LogP) is 8.19. The van der Waals surface area contributed by atoms with Crippen LogP contribution in [0.3, 0.4) is 0 Å². The number of hydrogen-bond donors (Lipinski definition) is 1. The lowest BCUT2D eigenvalue weighted by Crippen LogP contribution is -2.39. The number of piperidine rings is 1. The molecule has 1 aliphatic rings. The van der Waals surface area contributed by atoms with Crippen LogP contribution in [-0.4, -0.2) is 50.9 Å². The van der Waals surface area contributed by atoms with Crippen molar-refractivity contribution in [1.29, 1.82) is 0 Å². The summed E-state index contributed by atoms with van der Waals surface area (Å²) in [4.78, 5) is 25.1. The number of carboxylic acid groups (broad SMARTS) is 1. The van der Waals surface area contributed by atoms with E-state index in [1.54, 1.807) is 12.1 Å². The molecule has 8 nitrogen and oxygen atoms in total. The molecule has 0 aliphatic carbocycles. The number of ether oxygens (including phenoxy) is 2. The molecule has 4 aromatic rings. The normalized spacial score (nSPS) is 15.5. The Labute approximate surface area is 277 Å². The lowest BCUT2D eigenvalue weighted by molar-refractivity contribution is -0.160. The molecule has 1 aliphatic heterocycles. The van der Waals surface area contributed by atoms with E-state index in [-0.39, 0.29) is 11.2 Å². The van der Waals surface area contributed by atoms with Crippen LogP contribution in [-0.2, 0) is 16.0 Å². The van der Waals surface area contributed by atoms with Gasteiger partial charge in [-0.25, -0.2) is 19.2 Å². The van der Waals surface area contributed by atoms with Crippen molar-refractivity contribution in [1.82, 2.24) is 14.5 Å². The molecule has 2 aromatic heterocycles. The Morgan fingerprint density at radius 2 is 1.64 bits per heavy atom. The highest BCUT2D eigenvalue weighted by Gasteiger charge is 2.37. The molecule has 5 rings (SSSR count). The number of aromatic nitrogens is 3. The van der Waals surface area contributed by atoms with Gasteiger partial charge in [-0.15, -0.1) is 0 Å². The van der Waals surface area contributed by atoms with Crippen molar-refractivity contribution >= 4 is 11.7 Å². The van der Waals surface area contributed by atoms with E-state index in [1.165, 1.54) is 12.1 Å². The molecule has 1 atom stereocenters. The number of imidazole rings is 1. The summed E-state index contributed by atoms with van der Waals surface area (Å²) in [5, 5.41) is 10.6. The minimum atomic E-state index is -1.22. The van der Waals surface area contributed by atoms with E-state index >= 15 is 0 Å². The fourth-order valence-corrected chi connectivity index (χ4v) is 6.18. The molecule has 0 radical (unpaired) electrons. The third-order valence-electron chi connectivity index (χ3n) is 8.72. The number of rotatable bonds is 10. The number of carboxylic acids is 1. The van der Waals surface area contributed by atoms with E-state index in [2.05, 4.69) is 23.7 Å². The van der Waals surface area contributed by atoms with Gasteiger partial charge in [-0.05, 0) is 95.2 Å². The van der Waals surface area contributed by atoms with Crippen LogP contribution in [0.25, 0.3) is 16.9 Å². The molecule has 9 heteroatoms. The Hall–Kier alpha value is -4.24. The smallest absolute Gasteiger partial charge is 0.337 e. The maximum Gasteiger partial charge on any atom is 0.337 e. The summed E-state index contributed by atoms with van der Waals surface area (Å²) in [6.07, 6.45) is 3.32. The fourth-order valence-electron chi connectivity index (χ4n) is 6.18. The highest BCUT2D eigenvalue weighted by molar-refractivity contribution is 5.90. The van der Waals surface area contributed by atoms with E-state index in [0.29, 0.717) is 35.9 Å². The van der Waals surface area contributed by atoms with E-state index < -0.39 is 17.7 Å². The van der Waals surface area contributed by atoms with E-state index in [9.17, 15) is 14.3 Å². The SMILES string of the molecule is Cc1cn(-c2nc(C)c(C(OC(C)(C)C)C(=O)O)c(N3CCC(C)(C)CC3)c2-c2ccc(OCCc3ccc(F)cc3)cc2)c(C)n1. The zero-order chi connectivity index (χ0) is 34.1. The summed E-state index contributed by atoms with van der Waals surface area (Å²) in [5.74, 6) is 0.867. The summed E-state index contributed by atoms with van der Waals surface area (Å²) >= 11 is 0. The van der Waals surface area contributed by atoms with Crippen molar-refractivity contribution < 1.29 is 23.8 Å². The maximum absolute atomic E-state index is 13.3. The Kier molecular flexibility index (Phi) is 9.78. The zero-order valence-corrected chi connectivity index (χ0v) is 28.9. The second-order valence-electron chi connectivity index (χ2n) is 14.3. The van der Waals surface area contributed by atoms with Crippen molar-refractivity contribution in [2.45, 2.75) is 86.4 Å². The van der Waals surface area contributed by atoms with Crippen LogP contribution in [0.5, 0.6) is 5.75 Å². The molecule has 250 valence electrons. The number of halogens is 1. The number of aliphatic carboxylic acids is 1. The highest BCUT2D eigenvalue weighted by atomic mass is 19.1. The molecule has 1 N–H and O–H groups in total. The summed E-state index contributed by atoms with van der Waals surface area (Å²) in [7, 11) is 0. The summed E-state index contributed by atoms with van der Waals surface area (Å²) < 4.78 is 27.7. The molecule has 1 saturated heterocycles. The Bertz CT molecular complexity index is 1710. The molecular weight excluding hydrogens is 595 g/mol. The van der Waals surface area contributed by atoms with E-state index in [4.69, 9.17) is 14.5 Å². The Balaban J connectivity index is 1.66. The Morgan fingerprint density at radius 3 is 2.19 bits per heavy atom. The van der Waals surface area contributed by atoms with Gasteiger partial charge in [-0.1, -0.05) is 38.1 Å². The number of anilines is 1. The lowest BCUT2D eigenvalue weighted by atomic mass is 9.82. The lowest BCUT2D eigenvalue weighted by Gasteiger charge is -2.41. The van der Waals surface area contributed by atoms with Gasteiger partial charge in [0.05, 0.1) is 23.6 Å². The standard InChI is InChI=1S/C38H47FN4O4/c1-24-23-43(26(3)40-24)35-32(28-11-15-30(16-12-28)46-22-17-27-9-13-29(39)14-10-27)33(42-20-18-38(7,8)19-21-42)31(25(2)41-35)34(36(44)45)47-37(4,5)6/h9-16,23,34H,17-22H2,1-8H3,(H,44,45). The van der Waals surface area contributed by atoms with Gasteiger partial charge in [0.15, 0.2) is 6.10 Å². The van der Waals surface area contributed by atoms with Crippen LogP contribution in [0.4, 0.5) is 10.1 Å². The van der Waals surface area contributed by atoms with Crippen LogP contribution in [0.15, 0.2) is 54.7 Å². The molecule has 1 unspecified atom stereocenters. The topological polar surface area (TPSA) is 89.7 Å². The Morgan fingerprint density at radius 1 is 1.00 bits per heavy atom. The summed E-state index contributed by atoms with van der Waals surface area (Å²) in [5.41, 5.74) is 5.04. The van der Waals surface area contributed by atoms with Gasteiger partial charge in [0.25, 0.3) is 0 Å². The first-order valence-corrected chi connectivity index (χ1v) is 16.3. The average Bonchev–Trinajstić information content (AvgIpc) is 3.34. The van der Waals surface area contributed by atoms with Gasteiger partial charge in [0.1, 0.15) is 23.2 Å². The number of pyridine rings is 1. The first-order chi connectivity index (χ1) is 22.1. The first-order valence-electron chi connectivity index (χ1n) is 16.3. The van der Waals surface area contributed by atoms with Gasteiger partial charge in [0.2, 0.25) is 0 Å². The third-order valence-corrected chi connectivity index (χ3v) is 8.72. The minimum Gasteiger partial charge on any atom is -0.493 e. The van der Waals surface area contributed by atoms with Gasteiger partial charge in [0, 0.05) is 42.5 Å². The summed E-state index contributed by atoms with van der Waals surface area (Å²) in [6.45, 7) is 17.9. The summed E-state index contributed by atoms with van der Waals surface area (Å²) in [6, 6.07) is 14.3. The van der Waals surface area contributed by atoms with Crippen molar-refractivity contribution in [2.75, 3.05) is 24.6 Å². The maximum atomic E-state index is 13.3. The van der Waals surface area contributed by atoms with Crippen LogP contribution in [0.1, 0.15) is 81.9 Å². The fraction of sp³-hybridized carbons (Fsp3) is 0.447. The number of hydrogen-bond acceptors (Lipinski definition) is 6. The van der Waals surface area contributed by atoms with Crippen LogP contribution in [0.2, 0.25) is 0 Å². The van der Waals surface area contributed by atoms with Gasteiger partial charge in [-0.2, -0.15) is 0 Å². The zero-order valence-electron chi connectivity index (χ0n) is 28.9. The molecular formula is C38H47FN4O4. The van der Waals surface area contributed by atoms with E-state index in [1.807, 2.05) is 76.6 Å². The molecule has 0 bridgehead atoms. The molecule has 1 fully saturated rings. The number of nitrogens with zero attached hydrogens (tertiary/aromatic N) is 4.